The highest BCUT2D eigenvalue weighted by molar-refractivity contribution is 5.74. The van der Waals surface area contributed by atoms with Gasteiger partial charge in [0.1, 0.15) is 0 Å². The fraction of sp³-hybridized carbons (Fsp3) is 0.800. The third-order valence-corrected chi connectivity index (χ3v) is 2.20. The molecule has 0 bridgehead atoms. The molecular formula is C10H21N3O4. The lowest BCUT2D eigenvalue weighted by Gasteiger charge is -2.24. The van der Waals surface area contributed by atoms with Gasteiger partial charge in [0.25, 0.3) is 0 Å². The van der Waals surface area contributed by atoms with E-state index >= 15 is 0 Å². The Kier molecular flexibility index (Phi) is 6.52. The van der Waals surface area contributed by atoms with Gasteiger partial charge in [0, 0.05) is 26.7 Å². The highest BCUT2D eigenvalue weighted by atomic mass is 16.4. The van der Waals surface area contributed by atoms with Crippen LogP contribution in [0, 0.1) is 0 Å². The quantitative estimate of drug-likeness (QED) is 0.466. The molecule has 0 heterocycles. The van der Waals surface area contributed by atoms with E-state index in [0.717, 1.165) is 0 Å². The van der Waals surface area contributed by atoms with Crippen LogP contribution in [0.4, 0.5) is 4.79 Å². The summed E-state index contributed by atoms with van der Waals surface area (Å²) in [7, 11) is 3.40. The number of likely N-dealkylation sites (N-methyl/N-ethyl adjacent to an activating group) is 2. The first-order valence-electron chi connectivity index (χ1n) is 5.36. The van der Waals surface area contributed by atoms with Crippen LogP contribution in [0.1, 0.15) is 13.3 Å². The number of carbonyl (C=O) groups is 2. The van der Waals surface area contributed by atoms with Gasteiger partial charge < -0.3 is 25.7 Å². The Balaban J connectivity index is 4.01. The smallest absolute Gasteiger partial charge is 0.317 e. The molecule has 0 rings (SSSR count). The number of hydrogen-bond acceptors (Lipinski definition) is 4. The maximum atomic E-state index is 11.5. The van der Waals surface area contributed by atoms with Gasteiger partial charge in [-0.1, -0.05) is 0 Å². The van der Waals surface area contributed by atoms with E-state index in [9.17, 15) is 14.7 Å². The number of aliphatic carboxylic acids is 1. The molecule has 7 nitrogen and oxygen atoms in total. The summed E-state index contributed by atoms with van der Waals surface area (Å²) in [6.45, 7) is 2.47. The van der Waals surface area contributed by atoms with Crippen molar-refractivity contribution in [2.45, 2.75) is 18.9 Å². The number of urea groups is 1. The summed E-state index contributed by atoms with van der Waals surface area (Å²) >= 11 is 0. The summed E-state index contributed by atoms with van der Waals surface area (Å²) in [5, 5.41) is 23.6. The lowest BCUT2D eigenvalue weighted by Crippen LogP contribution is -2.47. The predicted molar refractivity (Wildman–Crippen MR) is 62.8 cm³/mol. The second kappa shape index (κ2) is 7.08. The Morgan fingerprint density at radius 1 is 1.41 bits per heavy atom. The number of amides is 2. The highest BCUT2D eigenvalue weighted by Gasteiger charge is 2.25. The summed E-state index contributed by atoms with van der Waals surface area (Å²) in [5.74, 6) is -1.10. The van der Waals surface area contributed by atoms with Gasteiger partial charge in [-0.3, -0.25) is 4.79 Å². The average Bonchev–Trinajstić information content (AvgIpc) is 2.20. The second-order valence-corrected chi connectivity index (χ2v) is 4.25. The maximum Gasteiger partial charge on any atom is 0.317 e. The summed E-state index contributed by atoms with van der Waals surface area (Å²) in [5.41, 5.74) is -1.44. The second-order valence-electron chi connectivity index (χ2n) is 4.25. The van der Waals surface area contributed by atoms with Crippen molar-refractivity contribution in [3.05, 3.63) is 0 Å². The zero-order valence-electron chi connectivity index (χ0n) is 10.5. The standard InChI is InChI=1S/C10H21N3O4/c1-10(17,6-8(14)15)7-12-9(16)13(3)5-4-11-2/h11,17H,4-7H2,1-3H3,(H,12,16)(H,14,15). The number of nitrogens with zero attached hydrogens (tertiary/aromatic N) is 1. The van der Waals surface area contributed by atoms with E-state index in [0.29, 0.717) is 13.1 Å². The van der Waals surface area contributed by atoms with Gasteiger partial charge in [-0.25, -0.2) is 4.79 Å². The summed E-state index contributed by atoms with van der Waals surface area (Å²) in [6, 6.07) is -0.342. The molecule has 0 saturated heterocycles. The normalized spacial score (nSPS) is 13.9. The molecule has 0 aliphatic rings. The maximum absolute atomic E-state index is 11.5. The topological polar surface area (TPSA) is 102 Å². The Morgan fingerprint density at radius 3 is 2.47 bits per heavy atom. The van der Waals surface area contributed by atoms with E-state index in [2.05, 4.69) is 10.6 Å². The predicted octanol–water partition coefficient (Wildman–Crippen LogP) is -0.927. The summed E-state index contributed by atoms with van der Waals surface area (Å²) < 4.78 is 0. The van der Waals surface area contributed by atoms with Crippen LogP contribution in [0.25, 0.3) is 0 Å². The Labute approximate surface area is 101 Å². The number of carboxylic acids is 1. The van der Waals surface area contributed by atoms with Crippen molar-refractivity contribution in [3.8, 4) is 0 Å². The van der Waals surface area contributed by atoms with Crippen molar-refractivity contribution in [2.75, 3.05) is 33.7 Å². The van der Waals surface area contributed by atoms with Gasteiger partial charge >= 0.3 is 12.0 Å². The molecule has 1 unspecified atom stereocenters. The molecule has 17 heavy (non-hydrogen) atoms. The minimum Gasteiger partial charge on any atom is -0.481 e. The van der Waals surface area contributed by atoms with E-state index in [-0.39, 0.29) is 12.6 Å². The van der Waals surface area contributed by atoms with E-state index in [1.807, 2.05) is 0 Å². The summed E-state index contributed by atoms with van der Waals surface area (Å²) in [4.78, 5) is 23.4. The van der Waals surface area contributed by atoms with Crippen molar-refractivity contribution < 1.29 is 19.8 Å². The lowest BCUT2D eigenvalue weighted by molar-refractivity contribution is -0.141. The van der Waals surface area contributed by atoms with Crippen LogP contribution in [0.5, 0.6) is 0 Å². The van der Waals surface area contributed by atoms with Crippen molar-refractivity contribution in [3.63, 3.8) is 0 Å². The van der Waals surface area contributed by atoms with E-state index in [1.165, 1.54) is 11.8 Å². The van der Waals surface area contributed by atoms with E-state index in [1.54, 1.807) is 14.1 Å². The van der Waals surface area contributed by atoms with Crippen molar-refractivity contribution >= 4 is 12.0 Å². The molecule has 0 radical (unpaired) electrons. The third kappa shape index (κ3) is 7.53. The molecule has 100 valence electrons. The first-order chi connectivity index (χ1) is 7.78. The van der Waals surface area contributed by atoms with Gasteiger partial charge in [-0.05, 0) is 14.0 Å². The van der Waals surface area contributed by atoms with Crippen molar-refractivity contribution in [1.82, 2.24) is 15.5 Å². The van der Waals surface area contributed by atoms with Gasteiger partial charge in [-0.2, -0.15) is 0 Å². The molecule has 0 fully saturated rings. The van der Waals surface area contributed by atoms with Crippen LogP contribution in [-0.2, 0) is 4.79 Å². The molecule has 7 heteroatoms. The largest absolute Gasteiger partial charge is 0.481 e. The molecule has 0 aromatic heterocycles. The molecule has 2 amide bonds. The summed E-state index contributed by atoms with van der Waals surface area (Å²) in [6.07, 6.45) is -0.409. The first kappa shape index (κ1) is 15.7. The Morgan fingerprint density at radius 2 is 2.00 bits per heavy atom. The first-order valence-corrected chi connectivity index (χ1v) is 5.36. The molecule has 0 saturated carbocycles. The van der Waals surface area contributed by atoms with E-state index < -0.39 is 18.0 Å². The Hall–Kier alpha value is -1.34. The molecule has 1 atom stereocenters. The monoisotopic (exact) mass is 247 g/mol. The minimum atomic E-state index is -1.44. The molecule has 0 aromatic carbocycles. The molecule has 4 N–H and O–H groups in total. The lowest BCUT2D eigenvalue weighted by atomic mass is 10.0. The Bertz CT molecular complexity index is 268. The SMILES string of the molecule is CNCCN(C)C(=O)NCC(C)(O)CC(=O)O. The number of nitrogens with one attached hydrogen (secondary N) is 2. The van der Waals surface area contributed by atoms with Crippen LogP contribution in [0.3, 0.4) is 0 Å². The molecule has 0 aliphatic heterocycles. The molecular weight excluding hydrogens is 226 g/mol. The van der Waals surface area contributed by atoms with E-state index in [4.69, 9.17) is 5.11 Å². The van der Waals surface area contributed by atoms with Gasteiger partial charge in [-0.15, -0.1) is 0 Å². The van der Waals surface area contributed by atoms with Gasteiger partial charge in [0.15, 0.2) is 0 Å². The van der Waals surface area contributed by atoms with Crippen LogP contribution in [-0.4, -0.2) is 66.4 Å². The third-order valence-electron chi connectivity index (χ3n) is 2.20. The number of rotatable bonds is 7. The fourth-order valence-corrected chi connectivity index (χ4v) is 1.17. The van der Waals surface area contributed by atoms with Crippen LogP contribution in [0.2, 0.25) is 0 Å². The number of hydrogen-bond donors (Lipinski definition) is 4. The highest BCUT2D eigenvalue weighted by Crippen LogP contribution is 2.07. The van der Waals surface area contributed by atoms with Gasteiger partial charge in [0.05, 0.1) is 12.0 Å². The number of carboxylic acid groups (broad SMARTS) is 1. The van der Waals surface area contributed by atoms with Crippen LogP contribution in [0.15, 0.2) is 0 Å². The van der Waals surface area contributed by atoms with Gasteiger partial charge in [0.2, 0.25) is 0 Å². The van der Waals surface area contributed by atoms with Crippen LogP contribution < -0.4 is 10.6 Å². The zero-order valence-corrected chi connectivity index (χ0v) is 10.5. The molecule has 0 aromatic rings. The average molecular weight is 247 g/mol. The zero-order chi connectivity index (χ0) is 13.5. The molecule has 0 aliphatic carbocycles. The van der Waals surface area contributed by atoms with Crippen molar-refractivity contribution in [2.24, 2.45) is 0 Å². The minimum absolute atomic E-state index is 0.0952. The van der Waals surface area contributed by atoms with Crippen LogP contribution >= 0.6 is 0 Å². The number of carbonyl (C=O) groups excluding carboxylic acids is 1. The number of aliphatic hydroxyl groups is 1. The van der Waals surface area contributed by atoms with Crippen molar-refractivity contribution in [1.29, 1.82) is 0 Å². The fourth-order valence-electron chi connectivity index (χ4n) is 1.17. The molecule has 0 spiro atoms.